The summed E-state index contributed by atoms with van der Waals surface area (Å²) in [5, 5.41) is 2.74. The van der Waals surface area contributed by atoms with Crippen molar-refractivity contribution in [2.75, 3.05) is 17.9 Å². The van der Waals surface area contributed by atoms with Crippen LogP contribution in [0.3, 0.4) is 0 Å². The Labute approximate surface area is 181 Å². The summed E-state index contributed by atoms with van der Waals surface area (Å²) in [6, 6.07) is 18.7. The lowest BCUT2D eigenvalue weighted by Crippen LogP contribution is -2.26. The Balaban J connectivity index is 1.55. The van der Waals surface area contributed by atoms with Gasteiger partial charge in [0.25, 0.3) is 15.9 Å². The molecule has 0 saturated heterocycles. The van der Waals surface area contributed by atoms with Crippen LogP contribution >= 0.6 is 0 Å². The fraction of sp³-hybridized carbons (Fsp3) is 0.174. The molecule has 8 heteroatoms. The quantitative estimate of drug-likeness (QED) is 0.488. The molecule has 0 atom stereocenters. The van der Waals surface area contributed by atoms with Crippen LogP contribution in [0.2, 0.25) is 0 Å². The van der Waals surface area contributed by atoms with Crippen molar-refractivity contribution >= 4 is 21.6 Å². The summed E-state index contributed by atoms with van der Waals surface area (Å²) < 4.78 is 46.7. The molecule has 0 heterocycles. The third-order valence-electron chi connectivity index (χ3n) is 4.39. The zero-order chi connectivity index (χ0) is 22.3. The molecule has 0 bridgehead atoms. The number of carbonyl (C=O) groups excluding carboxylic acids is 1. The second-order valence-corrected chi connectivity index (χ2v) is 8.57. The average molecular weight is 443 g/mol. The molecule has 0 unspecified atom stereocenters. The van der Waals surface area contributed by atoms with Crippen LogP contribution in [0.15, 0.2) is 77.7 Å². The summed E-state index contributed by atoms with van der Waals surface area (Å²) in [6.07, 6.45) is 0.590. The second kappa shape index (κ2) is 10.1. The van der Waals surface area contributed by atoms with Crippen molar-refractivity contribution in [1.82, 2.24) is 5.32 Å². The maximum Gasteiger partial charge on any atom is 0.262 e. The highest BCUT2D eigenvalue weighted by atomic mass is 32.2. The highest BCUT2D eigenvalue weighted by molar-refractivity contribution is 7.92. The molecule has 31 heavy (non-hydrogen) atoms. The number of sulfonamides is 1. The lowest BCUT2D eigenvalue weighted by molar-refractivity contribution is 0.0951. The van der Waals surface area contributed by atoms with Gasteiger partial charge in [-0.3, -0.25) is 9.52 Å². The molecule has 3 aromatic carbocycles. The van der Waals surface area contributed by atoms with Gasteiger partial charge in [-0.1, -0.05) is 30.3 Å². The highest BCUT2D eigenvalue weighted by Crippen LogP contribution is 2.19. The molecule has 0 aliphatic rings. The summed E-state index contributed by atoms with van der Waals surface area (Å²) >= 11 is 0. The number of aryl methyl sites for hydroxylation is 1. The van der Waals surface area contributed by atoms with E-state index in [9.17, 15) is 17.6 Å². The standard InChI is InChI=1S/C23H23FN2O4S/c1-17-7-4-9-19(15-17)30-14-6-13-25-23(27)18-8-5-10-20(16-18)31(28,29)26-22-12-3-2-11-21(22)24/h2-5,7-12,15-16,26H,6,13-14H2,1H3,(H,25,27). The van der Waals surface area contributed by atoms with E-state index in [0.717, 1.165) is 17.4 Å². The Morgan fingerprint density at radius 3 is 2.55 bits per heavy atom. The average Bonchev–Trinajstić information content (AvgIpc) is 2.75. The van der Waals surface area contributed by atoms with Crippen LogP contribution in [0, 0.1) is 12.7 Å². The smallest absolute Gasteiger partial charge is 0.262 e. The molecule has 0 aliphatic carbocycles. The Morgan fingerprint density at radius 1 is 1.00 bits per heavy atom. The van der Waals surface area contributed by atoms with E-state index in [-0.39, 0.29) is 16.1 Å². The van der Waals surface area contributed by atoms with Crippen LogP contribution in [0.25, 0.3) is 0 Å². The molecule has 0 radical (unpaired) electrons. The van der Waals surface area contributed by atoms with Crippen molar-refractivity contribution in [3.63, 3.8) is 0 Å². The molecular weight excluding hydrogens is 419 g/mol. The number of amides is 1. The zero-order valence-electron chi connectivity index (χ0n) is 17.0. The molecule has 6 nitrogen and oxygen atoms in total. The Morgan fingerprint density at radius 2 is 1.77 bits per heavy atom. The highest BCUT2D eigenvalue weighted by Gasteiger charge is 2.18. The van der Waals surface area contributed by atoms with Gasteiger partial charge in [0.1, 0.15) is 11.6 Å². The lowest BCUT2D eigenvalue weighted by atomic mass is 10.2. The molecule has 3 rings (SSSR count). The topological polar surface area (TPSA) is 84.5 Å². The number of halogens is 1. The van der Waals surface area contributed by atoms with E-state index in [0.29, 0.717) is 19.6 Å². The molecule has 0 spiro atoms. The van der Waals surface area contributed by atoms with Gasteiger partial charge in [0.05, 0.1) is 17.2 Å². The normalized spacial score (nSPS) is 11.0. The van der Waals surface area contributed by atoms with Gasteiger partial charge in [-0.15, -0.1) is 0 Å². The van der Waals surface area contributed by atoms with Gasteiger partial charge in [0.15, 0.2) is 0 Å². The Bertz CT molecular complexity index is 1170. The van der Waals surface area contributed by atoms with E-state index in [1.165, 1.54) is 42.5 Å². The summed E-state index contributed by atoms with van der Waals surface area (Å²) in [5.74, 6) is -0.321. The van der Waals surface area contributed by atoms with E-state index in [2.05, 4.69) is 10.0 Å². The molecule has 162 valence electrons. The van der Waals surface area contributed by atoms with Crippen molar-refractivity contribution < 1.29 is 22.3 Å². The second-order valence-electron chi connectivity index (χ2n) is 6.89. The number of rotatable bonds is 9. The van der Waals surface area contributed by atoms with E-state index in [1.54, 1.807) is 0 Å². The molecule has 0 aromatic heterocycles. The zero-order valence-corrected chi connectivity index (χ0v) is 17.8. The number of anilines is 1. The molecule has 0 fully saturated rings. The van der Waals surface area contributed by atoms with Gasteiger partial charge in [-0.25, -0.2) is 12.8 Å². The predicted octanol–water partition coefficient (Wildman–Crippen LogP) is 4.13. The van der Waals surface area contributed by atoms with Crippen molar-refractivity contribution in [3.05, 3.63) is 89.7 Å². The molecule has 3 aromatic rings. The first kappa shape index (κ1) is 22.3. The van der Waals surface area contributed by atoms with Crippen molar-refractivity contribution in [1.29, 1.82) is 0 Å². The van der Waals surface area contributed by atoms with Crippen LogP contribution < -0.4 is 14.8 Å². The number of benzene rings is 3. The number of hydrogen-bond acceptors (Lipinski definition) is 4. The van der Waals surface area contributed by atoms with Crippen molar-refractivity contribution in [3.8, 4) is 5.75 Å². The van der Waals surface area contributed by atoms with E-state index in [4.69, 9.17) is 4.74 Å². The van der Waals surface area contributed by atoms with E-state index >= 15 is 0 Å². The SMILES string of the molecule is Cc1cccc(OCCCNC(=O)c2cccc(S(=O)(=O)Nc3ccccc3F)c2)c1. The third-order valence-corrected chi connectivity index (χ3v) is 5.75. The number of para-hydroxylation sites is 1. The molecule has 0 saturated carbocycles. The van der Waals surface area contributed by atoms with Gasteiger partial charge in [0, 0.05) is 12.1 Å². The number of nitrogens with one attached hydrogen (secondary N) is 2. The number of carbonyl (C=O) groups is 1. The molecule has 0 aliphatic heterocycles. The Hall–Kier alpha value is -3.39. The molecular formula is C23H23FN2O4S. The third kappa shape index (κ3) is 6.29. The van der Waals surface area contributed by atoms with Gasteiger partial charge < -0.3 is 10.1 Å². The minimum Gasteiger partial charge on any atom is -0.494 e. The minimum atomic E-state index is -4.05. The molecule has 2 N–H and O–H groups in total. The predicted molar refractivity (Wildman–Crippen MR) is 117 cm³/mol. The Kier molecular flexibility index (Phi) is 7.25. The minimum absolute atomic E-state index is 0.133. The summed E-state index contributed by atoms with van der Waals surface area (Å²) in [5.41, 5.74) is 1.13. The first-order valence-corrected chi connectivity index (χ1v) is 11.2. The largest absolute Gasteiger partial charge is 0.494 e. The van der Waals surface area contributed by atoms with Crippen LogP contribution in [0.1, 0.15) is 22.3 Å². The summed E-state index contributed by atoms with van der Waals surface area (Å²) in [7, 11) is -4.05. The van der Waals surface area contributed by atoms with Crippen molar-refractivity contribution in [2.45, 2.75) is 18.2 Å². The first-order valence-electron chi connectivity index (χ1n) is 9.70. The maximum absolute atomic E-state index is 13.8. The van der Waals surface area contributed by atoms with E-state index < -0.39 is 21.7 Å². The van der Waals surface area contributed by atoms with Gasteiger partial charge >= 0.3 is 0 Å². The van der Waals surface area contributed by atoms with Crippen molar-refractivity contribution in [2.24, 2.45) is 0 Å². The van der Waals surface area contributed by atoms with Gasteiger partial charge in [0.2, 0.25) is 0 Å². The van der Waals surface area contributed by atoms with Crippen LogP contribution in [-0.4, -0.2) is 27.5 Å². The monoisotopic (exact) mass is 442 g/mol. The maximum atomic E-state index is 13.8. The summed E-state index contributed by atoms with van der Waals surface area (Å²) in [6.45, 7) is 2.78. The van der Waals surface area contributed by atoms with Gasteiger partial charge in [-0.2, -0.15) is 0 Å². The van der Waals surface area contributed by atoms with Gasteiger partial charge in [-0.05, 0) is 61.4 Å². The molecule has 1 amide bonds. The van der Waals surface area contributed by atoms with Crippen LogP contribution in [0.4, 0.5) is 10.1 Å². The number of hydrogen-bond donors (Lipinski definition) is 2. The van der Waals surface area contributed by atoms with Crippen LogP contribution in [-0.2, 0) is 10.0 Å². The summed E-state index contributed by atoms with van der Waals surface area (Å²) in [4.78, 5) is 12.3. The fourth-order valence-electron chi connectivity index (χ4n) is 2.82. The van der Waals surface area contributed by atoms with Crippen LogP contribution in [0.5, 0.6) is 5.75 Å². The van der Waals surface area contributed by atoms with E-state index in [1.807, 2.05) is 31.2 Å². The fourth-order valence-corrected chi connectivity index (χ4v) is 3.94. The first-order chi connectivity index (χ1) is 14.8. The number of ether oxygens (including phenoxy) is 1. The lowest BCUT2D eigenvalue weighted by Gasteiger charge is -2.11.